The molecule has 1 aromatic carbocycles. The van der Waals surface area contributed by atoms with Crippen LogP contribution in [0.5, 0.6) is 0 Å². The summed E-state index contributed by atoms with van der Waals surface area (Å²) in [6, 6.07) is 7.76. The van der Waals surface area contributed by atoms with Crippen molar-refractivity contribution in [3.8, 4) is 0 Å². The second kappa shape index (κ2) is 4.97. The van der Waals surface area contributed by atoms with Crippen LogP contribution < -0.4 is 0 Å². The van der Waals surface area contributed by atoms with E-state index in [1.165, 1.54) is 5.56 Å². The zero-order chi connectivity index (χ0) is 10.7. The molecule has 1 heterocycles. The molecule has 1 nitrogen and oxygen atoms in total. The van der Waals surface area contributed by atoms with Gasteiger partial charge in [0.25, 0.3) is 0 Å². The van der Waals surface area contributed by atoms with Crippen LogP contribution in [-0.2, 0) is 6.42 Å². The van der Waals surface area contributed by atoms with Crippen molar-refractivity contribution in [3.05, 3.63) is 51.4 Å². The molecule has 78 valence electrons. The third kappa shape index (κ3) is 2.94. The number of rotatable bonds is 3. The van der Waals surface area contributed by atoms with Crippen LogP contribution in [0.1, 0.15) is 15.8 Å². The zero-order valence-corrected chi connectivity index (χ0v) is 10.2. The van der Waals surface area contributed by atoms with Crippen molar-refractivity contribution in [1.29, 1.82) is 0 Å². The number of thiazole rings is 1. The largest absolute Gasteiger partial charge is 0.253 e. The third-order valence-corrected chi connectivity index (χ3v) is 3.75. The average molecular weight is 258 g/mol. The van der Waals surface area contributed by atoms with Gasteiger partial charge in [0.15, 0.2) is 0 Å². The highest BCUT2D eigenvalue weighted by molar-refractivity contribution is 7.09. The highest BCUT2D eigenvalue weighted by Crippen LogP contribution is 2.27. The van der Waals surface area contributed by atoms with Crippen LogP contribution in [0.25, 0.3) is 0 Å². The number of hydrogen-bond donors (Lipinski definition) is 0. The molecule has 0 radical (unpaired) electrons. The Morgan fingerprint density at radius 2 is 2.00 bits per heavy atom. The van der Waals surface area contributed by atoms with Crippen LogP contribution in [0.4, 0.5) is 0 Å². The fourth-order valence-corrected chi connectivity index (χ4v) is 2.42. The lowest BCUT2D eigenvalue weighted by Gasteiger charge is -2.06. The first-order valence-corrected chi connectivity index (χ1v) is 6.22. The van der Waals surface area contributed by atoms with E-state index in [0.717, 1.165) is 16.3 Å². The van der Waals surface area contributed by atoms with Crippen molar-refractivity contribution >= 4 is 34.5 Å². The molecule has 0 saturated heterocycles. The van der Waals surface area contributed by atoms with E-state index in [1.807, 2.05) is 30.5 Å². The zero-order valence-electron chi connectivity index (χ0n) is 7.86. The topological polar surface area (TPSA) is 12.9 Å². The second-order valence-corrected chi connectivity index (χ2v) is 5.08. The maximum Gasteiger partial charge on any atom is 0.0794 e. The van der Waals surface area contributed by atoms with Gasteiger partial charge in [-0.2, -0.15) is 0 Å². The monoisotopic (exact) mass is 257 g/mol. The van der Waals surface area contributed by atoms with E-state index in [4.69, 9.17) is 23.2 Å². The van der Waals surface area contributed by atoms with E-state index in [1.54, 1.807) is 16.8 Å². The van der Waals surface area contributed by atoms with Crippen LogP contribution in [0.3, 0.4) is 0 Å². The van der Waals surface area contributed by atoms with Crippen molar-refractivity contribution < 1.29 is 0 Å². The lowest BCUT2D eigenvalue weighted by atomic mass is 10.1. The van der Waals surface area contributed by atoms with Gasteiger partial charge in [-0.25, -0.2) is 0 Å². The first-order chi connectivity index (χ1) is 7.25. The Labute approximate surface area is 103 Å². The fraction of sp³-hybridized carbons (Fsp3) is 0.182. The van der Waals surface area contributed by atoms with E-state index >= 15 is 0 Å². The third-order valence-electron chi connectivity index (χ3n) is 2.09. The van der Waals surface area contributed by atoms with Gasteiger partial charge >= 0.3 is 0 Å². The summed E-state index contributed by atoms with van der Waals surface area (Å²) in [7, 11) is 0. The Morgan fingerprint density at radius 1 is 1.27 bits per heavy atom. The van der Waals surface area contributed by atoms with Crippen molar-refractivity contribution in [2.24, 2.45) is 0 Å². The molecule has 4 heteroatoms. The predicted molar refractivity (Wildman–Crippen MR) is 65.9 cm³/mol. The van der Waals surface area contributed by atoms with Crippen LogP contribution in [0.15, 0.2) is 36.0 Å². The summed E-state index contributed by atoms with van der Waals surface area (Å²) in [5.41, 5.74) is 2.99. The predicted octanol–water partition coefficient (Wildman–Crippen LogP) is 4.32. The normalized spacial score (nSPS) is 12.7. The SMILES string of the molecule is Clc1ccc(CC(Cl)c2cncs2)cc1. The van der Waals surface area contributed by atoms with Gasteiger partial charge in [0.1, 0.15) is 0 Å². The van der Waals surface area contributed by atoms with Gasteiger partial charge in [-0.3, -0.25) is 4.98 Å². The Morgan fingerprint density at radius 3 is 2.60 bits per heavy atom. The minimum Gasteiger partial charge on any atom is -0.253 e. The fourth-order valence-electron chi connectivity index (χ4n) is 1.31. The van der Waals surface area contributed by atoms with E-state index in [-0.39, 0.29) is 5.38 Å². The molecule has 2 rings (SSSR count). The standard InChI is InChI=1S/C11H9Cl2NS/c12-9-3-1-8(2-4-9)5-10(13)11-6-14-7-15-11/h1-4,6-7,10H,5H2. The van der Waals surface area contributed by atoms with Gasteiger partial charge in [-0.15, -0.1) is 22.9 Å². The molecule has 0 spiro atoms. The number of alkyl halides is 1. The van der Waals surface area contributed by atoms with Crippen LogP contribution in [0, 0.1) is 0 Å². The minimum absolute atomic E-state index is 0.00123. The number of hydrogen-bond acceptors (Lipinski definition) is 2. The van der Waals surface area contributed by atoms with Gasteiger partial charge in [0.05, 0.1) is 10.9 Å². The molecule has 0 fully saturated rings. The summed E-state index contributed by atoms with van der Waals surface area (Å²) in [6.07, 6.45) is 2.62. The van der Waals surface area contributed by atoms with E-state index in [9.17, 15) is 0 Å². The summed E-state index contributed by atoms with van der Waals surface area (Å²) in [6.45, 7) is 0. The van der Waals surface area contributed by atoms with Crippen molar-refractivity contribution in [2.45, 2.75) is 11.8 Å². The molecule has 0 aliphatic carbocycles. The molecule has 1 atom stereocenters. The maximum atomic E-state index is 6.26. The number of aromatic nitrogens is 1. The molecule has 0 bridgehead atoms. The molecule has 0 aliphatic rings. The van der Waals surface area contributed by atoms with Gasteiger partial charge in [0, 0.05) is 16.1 Å². The first kappa shape index (κ1) is 10.9. The number of nitrogens with zero attached hydrogens (tertiary/aromatic N) is 1. The molecule has 0 N–H and O–H groups in total. The van der Waals surface area contributed by atoms with Gasteiger partial charge in [0.2, 0.25) is 0 Å². The minimum atomic E-state index is -0.00123. The summed E-state index contributed by atoms with van der Waals surface area (Å²) in [4.78, 5) is 5.12. The lowest BCUT2D eigenvalue weighted by molar-refractivity contribution is 0.936. The van der Waals surface area contributed by atoms with Crippen molar-refractivity contribution in [2.75, 3.05) is 0 Å². The summed E-state index contributed by atoms with van der Waals surface area (Å²) >= 11 is 13.7. The molecule has 0 aliphatic heterocycles. The second-order valence-electron chi connectivity index (χ2n) is 3.20. The molecule has 0 amide bonds. The number of benzene rings is 1. The molecule has 2 aromatic rings. The molecule has 15 heavy (non-hydrogen) atoms. The van der Waals surface area contributed by atoms with Crippen LogP contribution in [0.2, 0.25) is 5.02 Å². The van der Waals surface area contributed by atoms with Crippen LogP contribution in [-0.4, -0.2) is 4.98 Å². The Hall–Kier alpha value is -0.570. The molecule has 1 unspecified atom stereocenters. The maximum absolute atomic E-state index is 6.26. The van der Waals surface area contributed by atoms with Gasteiger partial charge < -0.3 is 0 Å². The van der Waals surface area contributed by atoms with Crippen molar-refractivity contribution in [1.82, 2.24) is 4.98 Å². The Balaban J connectivity index is 2.06. The Kier molecular flexibility index (Phi) is 3.62. The summed E-state index contributed by atoms with van der Waals surface area (Å²) < 4.78 is 0. The summed E-state index contributed by atoms with van der Waals surface area (Å²) in [5.74, 6) is 0. The molecular weight excluding hydrogens is 249 g/mol. The van der Waals surface area contributed by atoms with E-state index in [2.05, 4.69) is 4.98 Å². The van der Waals surface area contributed by atoms with Crippen molar-refractivity contribution in [3.63, 3.8) is 0 Å². The molecular formula is C11H9Cl2NS. The number of halogens is 2. The first-order valence-electron chi connectivity index (χ1n) is 4.52. The molecule has 1 aromatic heterocycles. The summed E-state index contributed by atoms with van der Waals surface area (Å²) in [5, 5.41) is 0.751. The van der Waals surface area contributed by atoms with Crippen LogP contribution >= 0.6 is 34.5 Å². The quantitative estimate of drug-likeness (QED) is 0.747. The lowest BCUT2D eigenvalue weighted by Crippen LogP contribution is -1.92. The van der Waals surface area contributed by atoms with Gasteiger partial charge in [-0.05, 0) is 24.1 Å². The van der Waals surface area contributed by atoms with E-state index < -0.39 is 0 Å². The van der Waals surface area contributed by atoms with E-state index in [0.29, 0.717) is 0 Å². The van der Waals surface area contributed by atoms with Gasteiger partial charge in [-0.1, -0.05) is 23.7 Å². The smallest absolute Gasteiger partial charge is 0.0794 e. The molecule has 0 saturated carbocycles. The Bertz CT molecular complexity index is 411. The average Bonchev–Trinajstić information content (AvgIpc) is 2.74. The highest BCUT2D eigenvalue weighted by Gasteiger charge is 2.10. The highest BCUT2D eigenvalue weighted by atomic mass is 35.5.